The lowest BCUT2D eigenvalue weighted by Gasteiger charge is -2.40. The smallest absolute Gasteiger partial charge is 0.256 e. The van der Waals surface area contributed by atoms with Crippen molar-refractivity contribution in [2.75, 3.05) is 13.1 Å². The SMILES string of the molecule is CCCc1ccc(C23c4ccccc4C(=O)N2CCN3C(=O)c2ccc(F)cc2)cc1. The molecule has 156 valence electrons. The van der Waals surface area contributed by atoms with Crippen molar-refractivity contribution < 1.29 is 14.0 Å². The Morgan fingerprint density at radius 2 is 1.68 bits per heavy atom. The summed E-state index contributed by atoms with van der Waals surface area (Å²) in [5, 5.41) is 0. The van der Waals surface area contributed by atoms with Crippen LogP contribution in [0.1, 0.15) is 50.8 Å². The average Bonchev–Trinajstić information content (AvgIpc) is 3.30. The molecule has 2 aliphatic heterocycles. The summed E-state index contributed by atoms with van der Waals surface area (Å²) in [5.41, 5.74) is 2.96. The summed E-state index contributed by atoms with van der Waals surface area (Å²) in [6, 6.07) is 21.3. The van der Waals surface area contributed by atoms with Crippen LogP contribution in [-0.4, -0.2) is 34.7 Å². The van der Waals surface area contributed by atoms with Crippen LogP contribution in [0.3, 0.4) is 0 Å². The van der Waals surface area contributed by atoms with E-state index in [2.05, 4.69) is 19.1 Å². The van der Waals surface area contributed by atoms with Crippen LogP contribution >= 0.6 is 0 Å². The lowest BCUT2D eigenvalue weighted by atomic mass is 9.88. The van der Waals surface area contributed by atoms with E-state index in [1.54, 1.807) is 9.80 Å². The van der Waals surface area contributed by atoms with Crippen molar-refractivity contribution in [3.05, 3.63) is 106 Å². The standard InChI is InChI=1S/C26H23FN2O2/c1-2-5-18-8-12-20(13-9-18)26-23-7-4-3-6-22(23)25(31)29(26)17-16-28(26)24(30)19-10-14-21(27)15-11-19/h3-4,6-15H,2,5,16-17H2,1H3. The zero-order valence-electron chi connectivity index (χ0n) is 17.3. The second kappa shape index (κ2) is 7.34. The summed E-state index contributed by atoms with van der Waals surface area (Å²) < 4.78 is 13.5. The number of aryl methyl sites for hydroxylation is 1. The van der Waals surface area contributed by atoms with Crippen LogP contribution in [0, 0.1) is 5.82 Å². The lowest BCUT2D eigenvalue weighted by molar-refractivity contribution is 0.0375. The summed E-state index contributed by atoms with van der Waals surface area (Å²) in [4.78, 5) is 30.5. The molecule has 2 heterocycles. The Bertz CT molecular complexity index is 1160. The van der Waals surface area contributed by atoms with E-state index < -0.39 is 5.66 Å². The molecule has 5 rings (SSSR count). The fraction of sp³-hybridized carbons (Fsp3) is 0.231. The lowest BCUT2D eigenvalue weighted by Crippen LogP contribution is -2.51. The number of halogens is 1. The molecule has 0 aromatic heterocycles. The molecule has 2 aliphatic rings. The Kier molecular flexibility index (Phi) is 4.62. The van der Waals surface area contributed by atoms with E-state index in [-0.39, 0.29) is 17.6 Å². The van der Waals surface area contributed by atoms with E-state index in [0.29, 0.717) is 24.2 Å². The quantitative estimate of drug-likeness (QED) is 0.627. The first-order chi connectivity index (χ1) is 15.1. The highest BCUT2D eigenvalue weighted by molar-refractivity contribution is 6.03. The van der Waals surface area contributed by atoms with Crippen molar-refractivity contribution in [3.63, 3.8) is 0 Å². The normalized spacial score (nSPS) is 19.5. The van der Waals surface area contributed by atoms with E-state index in [4.69, 9.17) is 0 Å². The van der Waals surface area contributed by atoms with Gasteiger partial charge in [0.05, 0.1) is 0 Å². The van der Waals surface area contributed by atoms with Gasteiger partial charge in [-0.05, 0) is 42.3 Å². The average molecular weight is 414 g/mol. The topological polar surface area (TPSA) is 40.6 Å². The third-order valence-electron chi connectivity index (χ3n) is 6.34. The molecule has 0 aliphatic carbocycles. The van der Waals surface area contributed by atoms with Gasteiger partial charge in [-0.3, -0.25) is 9.59 Å². The van der Waals surface area contributed by atoms with Crippen molar-refractivity contribution in [2.45, 2.75) is 25.4 Å². The number of rotatable bonds is 4. The van der Waals surface area contributed by atoms with Crippen LogP contribution in [0.5, 0.6) is 0 Å². The summed E-state index contributed by atoms with van der Waals surface area (Å²) >= 11 is 0. The zero-order valence-corrected chi connectivity index (χ0v) is 17.3. The molecular formula is C26H23FN2O2. The molecule has 1 unspecified atom stereocenters. The fourth-order valence-electron chi connectivity index (χ4n) is 4.98. The van der Waals surface area contributed by atoms with Crippen LogP contribution in [0.4, 0.5) is 4.39 Å². The minimum absolute atomic E-state index is 0.0670. The van der Waals surface area contributed by atoms with Gasteiger partial charge in [-0.1, -0.05) is 55.8 Å². The Hall–Kier alpha value is -3.47. The molecular weight excluding hydrogens is 391 g/mol. The Morgan fingerprint density at radius 1 is 0.968 bits per heavy atom. The number of carbonyl (C=O) groups is 2. The minimum Gasteiger partial charge on any atom is -0.306 e. The van der Waals surface area contributed by atoms with Gasteiger partial charge in [0, 0.05) is 35.3 Å². The van der Waals surface area contributed by atoms with E-state index in [0.717, 1.165) is 24.0 Å². The van der Waals surface area contributed by atoms with Gasteiger partial charge in [0.25, 0.3) is 11.8 Å². The van der Waals surface area contributed by atoms with Crippen LogP contribution in [0.25, 0.3) is 0 Å². The van der Waals surface area contributed by atoms with Crippen molar-refractivity contribution in [1.29, 1.82) is 0 Å². The van der Waals surface area contributed by atoms with Crippen molar-refractivity contribution in [3.8, 4) is 0 Å². The summed E-state index contributed by atoms with van der Waals surface area (Å²) in [5.74, 6) is -0.672. The molecule has 1 fully saturated rings. The van der Waals surface area contributed by atoms with Gasteiger partial charge in [-0.15, -0.1) is 0 Å². The molecule has 2 amide bonds. The number of amides is 2. The molecule has 4 nitrogen and oxygen atoms in total. The highest BCUT2D eigenvalue weighted by atomic mass is 19.1. The van der Waals surface area contributed by atoms with E-state index >= 15 is 0 Å². The van der Waals surface area contributed by atoms with Crippen LogP contribution in [0.15, 0.2) is 72.8 Å². The fourth-order valence-corrected chi connectivity index (χ4v) is 4.98. The van der Waals surface area contributed by atoms with E-state index in [1.165, 1.54) is 29.8 Å². The first-order valence-electron chi connectivity index (χ1n) is 10.7. The first-order valence-corrected chi connectivity index (χ1v) is 10.7. The summed E-state index contributed by atoms with van der Waals surface area (Å²) in [6.45, 7) is 2.99. The second-order valence-electron chi connectivity index (χ2n) is 8.09. The van der Waals surface area contributed by atoms with Gasteiger partial charge in [-0.2, -0.15) is 0 Å². The molecule has 1 atom stereocenters. The first kappa shape index (κ1) is 19.5. The van der Waals surface area contributed by atoms with Crippen molar-refractivity contribution >= 4 is 11.8 Å². The van der Waals surface area contributed by atoms with Gasteiger partial charge >= 0.3 is 0 Å². The molecule has 1 saturated heterocycles. The molecule has 3 aromatic rings. The van der Waals surface area contributed by atoms with Gasteiger partial charge in [0.2, 0.25) is 0 Å². The maximum atomic E-state index is 13.6. The number of carbonyl (C=O) groups excluding carboxylic acids is 2. The molecule has 0 bridgehead atoms. The van der Waals surface area contributed by atoms with E-state index in [1.807, 2.05) is 36.4 Å². The predicted octanol–water partition coefficient (Wildman–Crippen LogP) is 4.59. The second-order valence-corrected chi connectivity index (χ2v) is 8.09. The van der Waals surface area contributed by atoms with Crippen LogP contribution in [0.2, 0.25) is 0 Å². The third-order valence-corrected chi connectivity index (χ3v) is 6.34. The Balaban J connectivity index is 1.70. The molecule has 5 heteroatoms. The van der Waals surface area contributed by atoms with Gasteiger partial charge in [0.15, 0.2) is 5.66 Å². The highest BCUT2D eigenvalue weighted by Gasteiger charge is 2.59. The molecule has 31 heavy (non-hydrogen) atoms. The molecule has 3 aromatic carbocycles. The van der Waals surface area contributed by atoms with E-state index in [9.17, 15) is 14.0 Å². The predicted molar refractivity (Wildman–Crippen MR) is 116 cm³/mol. The number of hydrogen-bond donors (Lipinski definition) is 0. The Morgan fingerprint density at radius 3 is 2.39 bits per heavy atom. The molecule has 0 saturated carbocycles. The highest BCUT2D eigenvalue weighted by Crippen LogP contribution is 2.50. The van der Waals surface area contributed by atoms with Crippen LogP contribution < -0.4 is 0 Å². The monoisotopic (exact) mass is 414 g/mol. The number of benzene rings is 3. The Labute approximate surface area is 180 Å². The largest absolute Gasteiger partial charge is 0.306 e. The van der Waals surface area contributed by atoms with Crippen LogP contribution in [-0.2, 0) is 12.1 Å². The maximum absolute atomic E-state index is 13.6. The third kappa shape index (κ3) is 2.80. The minimum atomic E-state index is -0.996. The maximum Gasteiger partial charge on any atom is 0.256 e. The molecule has 0 N–H and O–H groups in total. The summed E-state index contributed by atoms with van der Waals surface area (Å²) in [7, 11) is 0. The van der Waals surface area contributed by atoms with Crippen molar-refractivity contribution in [2.24, 2.45) is 0 Å². The zero-order chi connectivity index (χ0) is 21.6. The van der Waals surface area contributed by atoms with Gasteiger partial charge in [0.1, 0.15) is 5.82 Å². The van der Waals surface area contributed by atoms with Crippen molar-refractivity contribution in [1.82, 2.24) is 9.80 Å². The summed E-state index contributed by atoms with van der Waals surface area (Å²) in [6.07, 6.45) is 2.03. The number of fused-ring (bicyclic) bond motifs is 3. The number of hydrogen-bond acceptors (Lipinski definition) is 2. The molecule has 0 spiro atoms. The molecule has 0 radical (unpaired) electrons. The van der Waals surface area contributed by atoms with Gasteiger partial charge < -0.3 is 9.80 Å². The number of nitrogens with zero attached hydrogens (tertiary/aromatic N) is 2. The van der Waals surface area contributed by atoms with Gasteiger partial charge in [-0.25, -0.2) is 4.39 Å².